The van der Waals surface area contributed by atoms with E-state index in [9.17, 15) is 9.59 Å². The van der Waals surface area contributed by atoms with Crippen LogP contribution in [0.4, 0.5) is 0 Å². The summed E-state index contributed by atoms with van der Waals surface area (Å²) in [7, 11) is 0. The van der Waals surface area contributed by atoms with Crippen LogP contribution in [0.1, 0.15) is 45.5 Å². The summed E-state index contributed by atoms with van der Waals surface area (Å²) < 4.78 is 0. The number of nitrogens with one attached hydrogen (secondary N) is 1. The molecule has 1 N–H and O–H groups in total. The second-order valence-electron chi connectivity index (χ2n) is 6.75. The number of rotatable bonds is 4. The quantitative estimate of drug-likeness (QED) is 0.740. The third-order valence-corrected chi connectivity index (χ3v) is 5.70. The molecule has 2 atom stereocenters. The molecular weight excluding hydrogens is 372 g/mol. The maximum absolute atomic E-state index is 13.1. The van der Waals surface area contributed by atoms with Gasteiger partial charge in [-0.25, -0.2) is 0 Å². The minimum absolute atomic E-state index is 0.0555. The van der Waals surface area contributed by atoms with E-state index in [4.69, 9.17) is 0 Å². The van der Waals surface area contributed by atoms with E-state index in [1.807, 2.05) is 54.8 Å². The lowest BCUT2D eigenvalue weighted by Crippen LogP contribution is -2.44. The van der Waals surface area contributed by atoms with Gasteiger partial charge in [0.25, 0.3) is 5.91 Å². The molecule has 2 unspecified atom stereocenters. The van der Waals surface area contributed by atoms with Crippen molar-refractivity contribution < 1.29 is 9.59 Å². The van der Waals surface area contributed by atoms with E-state index in [1.54, 1.807) is 17.3 Å². The van der Waals surface area contributed by atoms with Crippen molar-refractivity contribution in [1.29, 1.82) is 0 Å². The molecule has 4 rings (SSSR count). The number of fused-ring (bicyclic) bond motifs is 1. The van der Waals surface area contributed by atoms with Gasteiger partial charge in [0.15, 0.2) is 0 Å². The van der Waals surface area contributed by atoms with Crippen LogP contribution in [0.15, 0.2) is 60.2 Å². The minimum Gasteiger partial charge on any atom is -0.347 e. The van der Waals surface area contributed by atoms with Crippen molar-refractivity contribution >= 4 is 23.2 Å². The number of aromatic nitrogens is 2. The highest BCUT2D eigenvalue weighted by Gasteiger charge is 2.34. The summed E-state index contributed by atoms with van der Waals surface area (Å²) in [6, 6.07) is 12.8. The van der Waals surface area contributed by atoms with Crippen LogP contribution in [-0.2, 0) is 11.3 Å². The fourth-order valence-corrected chi connectivity index (χ4v) is 4.10. The Balaban J connectivity index is 1.57. The van der Waals surface area contributed by atoms with Crippen molar-refractivity contribution in [2.24, 2.45) is 0 Å². The highest BCUT2D eigenvalue weighted by Crippen LogP contribution is 2.29. The van der Waals surface area contributed by atoms with Crippen LogP contribution in [0.3, 0.4) is 0 Å². The summed E-state index contributed by atoms with van der Waals surface area (Å²) in [6.07, 6.45) is 3.40. The zero-order valence-corrected chi connectivity index (χ0v) is 16.2. The predicted molar refractivity (Wildman–Crippen MR) is 107 cm³/mol. The number of amides is 2. The Kier molecular flexibility index (Phi) is 5.16. The van der Waals surface area contributed by atoms with Gasteiger partial charge in [-0.1, -0.05) is 18.2 Å². The van der Waals surface area contributed by atoms with Gasteiger partial charge in [0, 0.05) is 25.5 Å². The van der Waals surface area contributed by atoms with E-state index in [0.717, 1.165) is 17.0 Å². The SMILES string of the molecule is CC(NC(=O)C1CN(C(=O)c2cccs2)Cc2cccnc21)c1ccccn1. The van der Waals surface area contributed by atoms with E-state index in [0.29, 0.717) is 18.0 Å². The summed E-state index contributed by atoms with van der Waals surface area (Å²) >= 11 is 1.41. The molecule has 3 aromatic rings. The first-order chi connectivity index (χ1) is 13.6. The molecule has 3 aromatic heterocycles. The average molecular weight is 392 g/mol. The number of pyridine rings is 2. The molecule has 28 heavy (non-hydrogen) atoms. The van der Waals surface area contributed by atoms with E-state index < -0.39 is 5.92 Å². The molecule has 2 amide bonds. The van der Waals surface area contributed by atoms with Crippen LogP contribution in [0.25, 0.3) is 0 Å². The molecule has 0 bridgehead atoms. The third kappa shape index (κ3) is 3.66. The molecule has 4 heterocycles. The van der Waals surface area contributed by atoms with Crippen LogP contribution in [0.5, 0.6) is 0 Å². The van der Waals surface area contributed by atoms with E-state index >= 15 is 0 Å². The number of carbonyl (C=O) groups excluding carboxylic acids is 2. The van der Waals surface area contributed by atoms with Crippen molar-refractivity contribution in [1.82, 2.24) is 20.2 Å². The normalized spacial score (nSPS) is 16.9. The lowest BCUT2D eigenvalue weighted by Gasteiger charge is -2.33. The van der Waals surface area contributed by atoms with Crippen LogP contribution in [-0.4, -0.2) is 33.2 Å². The summed E-state index contributed by atoms with van der Waals surface area (Å²) in [5, 5.41) is 4.90. The van der Waals surface area contributed by atoms with Gasteiger partial charge in [-0.3, -0.25) is 19.6 Å². The second-order valence-corrected chi connectivity index (χ2v) is 7.70. The molecule has 0 spiro atoms. The maximum atomic E-state index is 13.1. The predicted octanol–water partition coefficient (Wildman–Crippen LogP) is 3.16. The summed E-state index contributed by atoms with van der Waals surface area (Å²) in [4.78, 5) is 37.1. The monoisotopic (exact) mass is 392 g/mol. The van der Waals surface area contributed by atoms with Crippen molar-refractivity contribution in [3.05, 3.63) is 82.1 Å². The number of carbonyl (C=O) groups is 2. The van der Waals surface area contributed by atoms with Gasteiger partial charge in [-0.15, -0.1) is 11.3 Å². The molecule has 0 saturated heterocycles. The Labute approximate surface area is 167 Å². The second kappa shape index (κ2) is 7.90. The lowest BCUT2D eigenvalue weighted by molar-refractivity contribution is -0.123. The highest BCUT2D eigenvalue weighted by molar-refractivity contribution is 7.12. The molecule has 1 aliphatic heterocycles. The van der Waals surface area contributed by atoms with Gasteiger partial charge in [-0.05, 0) is 42.1 Å². The van der Waals surface area contributed by atoms with Gasteiger partial charge in [-0.2, -0.15) is 0 Å². The van der Waals surface area contributed by atoms with Gasteiger partial charge in [0.2, 0.25) is 5.91 Å². The molecule has 0 radical (unpaired) electrons. The molecule has 0 fully saturated rings. The number of hydrogen-bond acceptors (Lipinski definition) is 5. The van der Waals surface area contributed by atoms with Crippen molar-refractivity contribution in [2.75, 3.05) is 6.54 Å². The summed E-state index contributed by atoms with van der Waals surface area (Å²) in [5.74, 6) is -0.720. The van der Waals surface area contributed by atoms with Crippen LogP contribution < -0.4 is 5.32 Å². The smallest absolute Gasteiger partial charge is 0.264 e. The maximum Gasteiger partial charge on any atom is 0.264 e. The zero-order valence-electron chi connectivity index (χ0n) is 15.4. The highest BCUT2D eigenvalue weighted by atomic mass is 32.1. The fraction of sp³-hybridized carbons (Fsp3) is 0.238. The van der Waals surface area contributed by atoms with Crippen molar-refractivity contribution in [3.8, 4) is 0 Å². The molecular formula is C21H20N4O2S. The molecule has 0 saturated carbocycles. The lowest BCUT2D eigenvalue weighted by atomic mass is 9.93. The average Bonchev–Trinajstić information content (AvgIpc) is 3.27. The summed E-state index contributed by atoms with van der Waals surface area (Å²) in [5.41, 5.74) is 2.44. The first kappa shape index (κ1) is 18.3. The minimum atomic E-state index is -0.514. The molecule has 142 valence electrons. The first-order valence-corrected chi connectivity index (χ1v) is 9.99. The molecule has 0 aromatic carbocycles. The van der Waals surface area contributed by atoms with Gasteiger partial charge < -0.3 is 10.2 Å². The van der Waals surface area contributed by atoms with Crippen LogP contribution in [0, 0.1) is 0 Å². The Hall–Kier alpha value is -3.06. The standard InChI is InChI=1S/C21H20N4O2S/c1-14(17-7-2-3-9-22-17)24-20(26)16-13-25(21(27)18-8-5-11-28-18)12-15-6-4-10-23-19(15)16/h2-11,14,16H,12-13H2,1H3,(H,24,26). The number of nitrogens with zero attached hydrogens (tertiary/aromatic N) is 3. The summed E-state index contributed by atoms with van der Waals surface area (Å²) in [6.45, 7) is 2.66. The van der Waals surface area contributed by atoms with Crippen molar-refractivity contribution in [3.63, 3.8) is 0 Å². The van der Waals surface area contributed by atoms with Crippen LogP contribution in [0.2, 0.25) is 0 Å². The molecule has 6 nitrogen and oxygen atoms in total. The largest absolute Gasteiger partial charge is 0.347 e. The number of thiophene rings is 1. The molecule has 7 heteroatoms. The third-order valence-electron chi connectivity index (χ3n) is 4.85. The fourth-order valence-electron chi connectivity index (χ4n) is 3.41. The first-order valence-electron chi connectivity index (χ1n) is 9.11. The Bertz CT molecular complexity index is 975. The Morgan fingerprint density at radius 2 is 2.00 bits per heavy atom. The van der Waals surface area contributed by atoms with E-state index in [1.165, 1.54) is 11.3 Å². The van der Waals surface area contributed by atoms with Gasteiger partial charge in [0.05, 0.1) is 28.2 Å². The van der Waals surface area contributed by atoms with Gasteiger partial charge in [0.1, 0.15) is 0 Å². The Morgan fingerprint density at radius 3 is 2.75 bits per heavy atom. The van der Waals surface area contributed by atoms with Crippen LogP contribution >= 0.6 is 11.3 Å². The topological polar surface area (TPSA) is 75.2 Å². The zero-order chi connectivity index (χ0) is 19.5. The van der Waals surface area contributed by atoms with E-state index in [2.05, 4.69) is 15.3 Å². The molecule has 0 aliphatic carbocycles. The van der Waals surface area contributed by atoms with E-state index in [-0.39, 0.29) is 17.9 Å². The van der Waals surface area contributed by atoms with Gasteiger partial charge >= 0.3 is 0 Å². The molecule has 1 aliphatic rings. The van der Waals surface area contributed by atoms with Crippen molar-refractivity contribution in [2.45, 2.75) is 25.4 Å². The Morgan fingerprint density at radius 1 is 1.14 bits per heavy atom. The number of hydrogen-bond donors (Lipinski definition) is 1.